The number of hydrogen-bond acceptors (Lipinski definition) is 4. The van der Waals surface area contributed by atoms with Gasteiger partial charge in [0.2, 0.25) is 0 Å². The molecule has 0 amide bonds. The Morgan fingerprint density at radius 1 is 1.55 bits per heavy atom. The average molecular weight is 304 g/mol. The Morgan fingerprint density at radius 3 is 2.65 bits per heavy atom. The number of hydrogen-bond donors (Lipinski definition) is 1. The summed E-state index contributed by atoms with van der Waals surface area (Å²) in [7, 11) is 0. The van der Waals surface area contributed by atoms with E-state index >= 15 is 0 Å². The Morgan fingerprint density at radius 2 is 2.20 bits per heavy atom. The molecule has 1 unspecified atom stereocenters. The molecule has 0 spiro atoms. The SMILES string of the molecule is C=CCCCC[C@H](N)[C-]1C(=O)O[C@@]1(C)C([C-]=O)CC.[K+]. The fourth-order valence-corrected chi connectivity index (χ4v) is 2.62. The second-order valence-corrected chi connectivity index (χ2v) is 5.17. The molecule has 1 saturated heterocycles. The van der Waals surface area contributed by atoms with Gasteiger partial charge < -0.3 is 15.3 Å². The Labute approximate surface area is 164 Å². The minimum Gasteiger partial charge on any atom is -0.541 e. The smallest absolute Gasteiger partial charge is 0.541 e. The van der Waals surface area contributed by atoms with Gasteiger partial charge in [-0.15, -0.1) is 12.5 Å². The average Bonchev–Trinajstić information content (AvgIpc) is 2.35. The maximum atomic E-state index is 11.6. The number of rotatable bonds is 9. The van der Waals surface area contributed by atoms with Crippen molar-refractivity contribution in [2.75, 3.05) is 0 Å². The fraction of sp³-hybridized carbons (Fsp3) is 0.667. The molecule has 1 aliphatic rings. The number of cyclic esters (lactones) is 1. The van der Waals surface area contributed by atoms with E-state index in [9.17, 15) is 9.59 Å². The van der Waals surface area contributed by atoms with Crippen molar-refractivity contribution in [3.05, 3.63) is 18.6 Å². The molecule has 0 radical (unpaired) electrons. The predicted octanol–water partition coefficient (Wildman–Crippen LogP) is -0.910. The van der Waals surface area contributed by atoms with Gasteiger partial charge in [-0.1, -0.05) is 45.2 Å². The van der Waals surface area contributed by atoms with Crippen molar-refractivity contribution >= 4 is 12.3 Å². The summed E-state index contributed by atoms with van der Waals surface area (Å²) in [4.78, 5) is 22.6. The molecule has 2 N–H and O–H groups in total. The number of carbonyl (C=O) groups is 1. The van der Waals surface area contributed by atoms with Crippen molar-refractivity contribution < 1.29 is 65.7 Å². The molecule has 5 heteroatoms. The molecule has 0 bridgehead atoms. The van der Waals surface area contributed by atoms with Crippen molar-refractivity contribution in [2.45, 2.75) is 57.6 Å². The van der Waals surface area contributed by atoms with Crippen molar-refractivity contribution in [3.8, 4) is 0 Å². The van der Waals surface area contributed by atoms with Crippen LogP contribution in [0.1, 0.15) is 46.0 Å². The summed E-state index contributed by atoms with van der Waals surface area (Å²) in [6.07, 6.45) is 8.02. The first-order chi connectivity index (χ1) is 9.01. The van der Waals surface area contributed by atoms with E-state index in [0.29, 0.717) is 12.3 Å². The molecule has 1 fully saturated rings. The van der Waals surface area contributed by atoms with Crippen molar-refractivity contribution in [1.29, 1.82) is 0 Å². The normalized spacial score (nSPS) is 23.9. The molecule has 0 aromatic heterocycles. The third-order valence-corrected chi connectivity index (χ3v) is 3.82. The number of allylic oxidation sites excluding steroid dienone is 1. The van der Waals surface area contributed by atoms with Crippen LogP contribution in [0.15, 0.2) is 12.7 Å². The first-order valence-electron chi connectivity index (χ1n) is 6.86. The summed E-state index contributed by atoms with van der Waals surface area (Å²) in [5.41, 5.74) is 5.23. The van der Waals surface area contributed by atoms with Crippen molar-refractivity contribution in [2.24, 2.45) is 11.7 Å². The van der Waals surface area contributed by atoms with Crippen LogP contribution in [-0.4, -0.2) is 23.9 Å². The van der Waals surface area contributed by atoms with Crippen LogP contribution >= 0.6 is 0 Å². The largest absolute Gasteiger partial charge is 1.00 e. The Bertz CT molecular complexity index is 348. The molecule has 1 aliphatic heterocycles. The number of unbranched alkanes of at least 4 members (excludes halogenated alkanes) is 2. The van der Waals surface area contributed by atoms with E-state index in [1.54, 1.807) is 6.92 Å². The van der Waals surface area contributed by atoms with Crippen LogP contribution in [0.4, 0.5) is 0 Å². The molecule has 3 atom stereocenters. The van der Waals surface area contributed by atoms with Gasteiger partial charge in [0.15, 0.2) is 5.97 Å². The van der Waals surface area contributed by atoms with Gasteiger partial charge >= 0.3 is 51.4 Å². The van der Waals surface area contributed by atoms with Crippen LogP contribution in [0.2, 0.25) is 0 Å². The summed E-state index contributed by atoms with van der Waals surface area (Å²) in [5, 5.41) is 0. The Hall–Kier alpha value is 0.346. The van der Waals surface area contributed by atoms with E-state index in [1.807, 2.05) is 19.3 Å². The van der Waals surface area contributed by atoms with E-state index < -0.39 is 11.5 Å². The molecule has 0 aliphatic carbocycles. The number of ether oxygens (including phenoxy) is 1. The van der Waals surface area contributed by atoms with Crippen LogP contribution in [-0.2, 0) is 14.3 Å². The van der Waals surface area contributed by atoms with Crippen LogP contribution < -0.4 is 57.1 Å². The van der Waals surface area contributed by atoms with Crippen molar-refractivity contribution in [3.63, 3.8) is 0 Å². The van der Waals surface area contributed by atoms with Gasteiger partial charge in [0.1, 0.15) is 0 Å². The maximum Gasteiger partial charge on any atom is 1.00 e. The molecule has 0 aromatic rings. The Kier molecular flexibility index (Phi) is 9.54. The second-order valence-electron chi connectivity index (χ2n) is 5.17. The molecule has 1 rings (SSSR count). The minimum absolute atomic E-state index is 0. The molecular weight excluding hydrogens is 281 g/mol. The molecule has 1 heterocycles. The monoisotopic (exact) mass is 304 g/mol. The zero-order chi connectivity index (χ0) is 14.5. The summed E-state index contributed by atoms with van der Waals surface area (Å²) in [6.45, 7) is 7.30. The Balaban J connectivity index is 0.00000361. The molecule has 4 nitrogen and oxygen atoms in total. The molecule has 108 valence electrons. The van der Waals surface area contributed by atoms with Gasteiger partial charge in [-0.05, 0) is 18.4 Å². The zero-order valence-electron chi connectivity index (χ0n) is 12.8. The van der Waals surface area contributed by atoms with Gasteiger partial charge in [-0.2, -0.15) is 0 Å². The van der Waals surface area contributed by atoms with E-state index in [2.05, 4.69) is 6.58 Å². The zero-order valence-corrected chi connectivity index (χ0v) is 15.9. The fourth-order valence-electron chi connectivity index (χ4n) is 2.62. The van der Waals surface area contributed by atoms with Gasteiger partial charge in [0.25, 0.3) is 0 Å². The van der Waals surface area contributed by atoms with E-state index in [4.69, 9.17) is 10.5 Å². The molecule has 0 aromatic carbocycles. The summed E-state index contributed by atoms with van der Waals surface area (Å²) >= 11 is 0. The van der Waals surface area contributed by atoms with Crippen LogP contribution in [0.3, 0.4) is 0 Å². The second kappa shape index (κ2) is 9.38. The van der Waals surface area contributed by atoms with Gasteiger partial charge in [-0.3, -0.25) is 11.1 Å². The number of carbonyl (C=O) groups excluding carboxylic acids is 2. The third-order valence-electron chi connectivity index (χ3n) is 3.82. The van der Waals surface area contributed by atoms with Gasteiger partial charge in [-0.25, -0.2) is 5.92 Å². The number of esters is 1. The van der Waals surface area contributed by atoms with E-state index in [-0.39, 0.29) is 63.4 Å². The van der Waals surface area contributed by atoms with Crippen LogP contribution in [0.5, 0.6) is 0 Å². The minimum atomic E-state index is -0.856. The molecule has 0 saturated carbocycles. The maximum absolute atomic E-state index is 11.6. The van der Waals surface area contributed by atoms with Gasteiger partial charge in [0, 0.05) is 0 Å². The standard InChI is InChI=1S/C15H23NO3.K/c1-4-6-7-8-9-12(16)13-14(18)19-15(13,3)11(5-2)10-17;/h4,11-12H,1,5-9,16H2,2-3H3;/q-2;+1/t11?,12-,15-;/m0./s1. The van der Waals surface area contributed by atoms with Crippen molar-refractivity contribution in [1.82, 2.24) is 0 Å². The quantitative estimate of drug-likeness (QED) is 0.197. The van der Waals surface area contributed by atoms with Crippen LogP contribution in [0.25, 0.3) is 0 Å². The van der Waals surface area contributed by atoms with Gasteiger partial charge in [0.05, 0.1) is 0 Å². The summed E-state index contributed by atoms with van der Waals surface area (Å²) < 4.78 is 5.20. The topological polar surface area (TPSA) is 69.4 Å². The molecular formula is C15H23KNO3-. The predicted molar refractivity (Wildman–Crippen MR) is 73.9 cm³/mol. The molecule has 20 heavy (non-hydrogen) atoms. The van der Waals surface area contributed by atoms with Crippen LogP contribution in [0, 0.1) is 11.8 Å². The number of nitrogens with two attached hydrogens (primary N) is 1. The van der Waals surface area contributed by atoms with E-state index in [0.717, 1.165) is 25.7 Å². The van der Waals surface area contributed by atoms with E-state index in [1.165, 1.54) is 0 Å². The third kappa shape index (κ3) is 4.42. The summed E-state index contributed by atoms with van der Waals surface area (Å²) in [6, 6.07) is -0.335. The summed E-state index contributed by atoms with van der Waals surface area (Å²) in [5.74, 6) is -0.256. The first kappa shape index (κ1) is 20.3. The first-order valence-corrected chi connectivity index (χ1v) is 6.86.